The molecule has 0 aliphatic rings. The van der Waals surface area contributed by atoms with Gasteiger partial charge in [-0.15, -0.1) is 11.3 Å². The Labute approximate surface area is 133 Å². The van der Waals surface area contributed by atoms with E-state index in [4.69, 9.17) is 0 Å². The number of aryl methyl sites for hydroxylation is 1. The molecule has 2 N–H and O–H groups in total. The number of nitrogens with one attached hydrogen (secondary N) is 2. The van der Waals surface area contributed by atoms with Crippen molar-refractivity contribution < 1.29 is 13.2 Å². The lowest BCUT2D eigenvalue weighted by molar-refractivity contribution is 0.249. The lowest BCUT2D eigenvalue weighted by Gasteiger charge is -2.14. The molecule has 1 heterocycles. The maximum Gasteiger partial charge on any atom is 0.319 e. The first-order valence-corrected chi connectivity index (χ1v) is 9.32. The molecule has 0 unspecified atom stereocenters. The zero-order valence-electron chi connectivity index (χ0n) is 12.5. The van der Waals surface area contributed by atoms with Gasteiger partial charge in [0.05, 0.1) is 10.9 Å². The Morgan fingerprint density at radius 2 is 2.09 bits per heavy atom. The number of amides is 2. The molecule has 2 amide bonds. The molecule has 22 heavy (non-hydrogen) atoms. The van der Waals surface area contributed by atoms with Crippen LogP contribution in [0.4, 0.5) is 10.5 Å². The maximum absolute atomic E-state index is 12.0. The van der Waals surface area contributed by atoms with Crippen LogP contribution in [0.25, 0.3) is 0 Å². The molecule has 1 aromatic heterocycles. The van der Waals surface area contributed by atoms with Crippen molar-refractivity contribution in [3.05, 3.63) is 40.3 Å². The van der Waals surface area contributed by atoms with Gasteiger partial charge in [-0.3, -0.25) is 0 Å². The number of carbonyl (C=O) groups excluding carboxylic acids is 1. The van der Waals surface area contributed by atoms with Gasteiger partial charge in [0, 0.05) is 23.5 Å². The lowest BCUT2D eigenvalue weighted by atomic mass is 10.2. The molecule has 0 spiro atoms. The van der Waals surface area contributed by atoms with Crippen LogP contribution in [-0.4, -0.2) is 25.7 Å². The highest BCUT2D eigenvalue weighted by Gasteiger charge is 2.14. The first-order valence-electron chi connectivity index (χ1n) is 6.55. The van der Waals surface area contributed by atoms with Gasteiger partial charge in [0.25, 0.3) is 0 Å². The van der Waals surface area contributed by atoms with Gasteiger partial charge in [0.2, 0.25) is 0 Å². The Hall–Kier alpha value is -1.93. The van der Waals surface area contributed by atoms with Crippen LogP contribution in [0.15, 0.2) is 34.7 Å². The van der Waals surface area contributed by atoms with Crippen molar-refractivity contribution in [1.29, 1.82) is 0 Å². The fraction of sp³-hybridized carbons (Fsp3) is 0.286. The molecular formula is C14H17N3O3S2. The van der Waals surface area contributed by atoms with Gasteiger partial charge >= 0.3 is 6.03 Å². The molecule has 118 valence electrons. The van der Waals surface area contributed by atoms with Crippen molar-refractivity contribution in [1.82, 2.24) is 10.3 Å². The molecule has 0 saturated heterocycles. The van der Waals surface area contributed by atoms with E-state index in [1.54, 1.807) is 19.2 Å². The van der Waals surface area contributed by atoms with E-state index < -0.39 is 15.9 Å². The Balaban J connectivity index is 2.11. The van der Waals surface area contributed by atoms with E-state index in [1.165, 1.54) is 23.5 Å². The largest absolute Gasteiger partial charge is 0.329 e. The van der Waals surface area contributed by atoms with Gasteiger partial charge in [0.1, 0.15) is 5.01 Å². The van der Waals surface area contributed by atoms with Crippen molar-refractivity contribution >= 4 is 32.9 Å². The summed E-state index contributed by atoms with van der Waals surface area (Å²) in [6.45, 7) is 3.63. The van der Waals surface area contributed by atoms with Crippen molar-refractivity contribution in [2.24, 2.45) is 0 Å². The molecule has 8 heteroatoms. The predicted molar refractivity (Wildman–Crippen MR) is 87.0 cm³/mol. The van der Waals surface area contributed by atoms with Crippen LogP contribution >= 0.6 is 11.3 Å². The minimum absolute atomic E-state index is 0.168. The lowest BCUT2D eigenvalue weighted by Crippen LogP contribution is -2.31. The average Bonchev–Trinajstić information content (AvgIpc) is 2.94. The fourth-order valence-electron chi connectivity index (χ4n) is 1.83. The summed E-state index contributed by atoms with van der Waals surface area (Å²) in [5.74, 6) is 0. The highest BCUT2D eigenvalue weighted by Crippen LogP contribution is 2.21. The predicted octanol–water partition coefficient (Wildman–Crippen LogP) is 2.74. The van der Waals surface area contributed by atoms with Crippen molar-refractivity contribution in [2.75, 3.05) is 11.6 Å². The highest BCUT2D eigenvalue weighted by molar-refractivity contribution is 7.90. The number of benzene rings is 1. The van der Waals surface area contributed by atoms with E-state index in [0.717, 1.165) is 16.8 Å². The summed E-state index contributed by atoms with van der Waals surface area (Å²) in [4.78, 5) is 16.3. The molecule has 0 aliphatic heterocycles. The van der Waals surface area contributed by atoms with Crippen LogP contribution in [-0.2, 0) is 9.84 Å². The third-order valence-corrected chi connectivity index (χ3v) is 5.12. The third kappa shape index (κ3) is 4.05. The van der Waals surface area contributed by atoms with Gasteiger partial charge in [-0.1, -0.05) is 6.07 Å². The number of hydrogen-bond donors (Lipinski definition) is 2. The standard InChI is InChI=1S/C14H17N3O3S2/c1-9-4-5-11(22(3,19)20)8-12(9)17-14(18)16-10(2)13-15-6-7-21-13/h4-8,10H,1-3H3,(H2,16,17,18)/t10-/m0/s1. The highest BCUT2D eigenvalue weighted by atomic mass is 32.2. The Bertz CT molecular complexity index is 771. The van der Waals surface area contributed by atoms with Gasteiger partial charge < -0.3 is 10.6 Å². The number of thiazole rings is 1. The van der Waals surface area contributed by atoms with Gasteiger partial charge in [-0.25, -0.2) is 18.2 Å². The van der Waals surface area contributed by atoms with Crippen LogP contribution in [0.2, 0.25) is 0 Å². The summed E-state index contributed by atoms with van der Waals surface area (Å²) in [5.41, 5.74) is 1.25. The number of nitrogens with zero attached hydrogens (tertiary/aromatic N) is 1. The Morgan fingerprint density at radius 1 is 1.36 bits per heavy atom. The van der Waals surface area contributed by atoms with E-state index >= 15 is 0 Å². The third-order valence-electron chi connectivity index (χ3n) is 3.05. The summed E-state index contributed by atoms with van der Waals surface area (Å²) >= 11 is 1.46. The molecule has 0 radical (unpaired) electrons. The molecule has 2 aromatic rings. The molecule has 1 aromatic carbocycles. The van der Waals surface area contributed by atoms with Crippen LogP contribution in [0, 0.1) is 6.92 Å². The number of carbonyl (C=O) groups is 1. The smallest absolute Gasteiger partial charge is 0.319 e. The fourth-order valence-corrected chi connectivity index (χ4v) is 3.12. The summed E-state index contributed by atoms with van der Waals surface area (Å²) in [6.07, 6.45) is 2.81. The minimum atomic E-state index is -3.32. The van der Waals surface area contributed by atoms with E-state index in [9.17, 15) is 13.2 Å². The summed E-state index contributed by atoms with van der Waals surface area (Å²) < 4.78 is 23.2. The molecule has 6 nitrogen and oxygen atoms in total. The monoisotopic (exact) mass is 339 g/mol. The van der Waals surface area contributed by atoms with Gasteiger partial charge in [-0.05, 0) is 31.5 Å². The second-order valence-corrected chi connectivity index (χ2v) is 7.88. The first-order chi connectivity index (χ1) is 10.3. The second-order valence-electron chi connectivity index (χ2n) is 4.94. The second kappa shape index (κ2) is 6.45. The Morgan fingerprint density at radius 3 is 2.68 bits per heavy atom. The molecule has 2 rings (SSSR count). The molecule has 0 bridgehead atoms. The van der Waals surface area contributed by atoms with Crippen LogP contribution < -0.4 is 10.6 Å². The number of aromatic nitrogens is 1. The van der Waals surface area contributed by atoms with Crippen molar-refractivity contribution in [2.45, 2.75) is 24.8 Å². The van der Waals surface area contributed by atoms with Crippen molar-refractivity contribution in [3.63, 3.8) is 0 Å². The molecular weight excluding hydrogens is 322 g/mol. The normalized spacial score (nSPS) is 12.7. The number of hydrogen-bond acceptors (Lipinski definition) is 5. The van der Waals surface area contributed by atoms with E-state index in [1.807, 2.05) is 12.3 Å². The van der Waals surface area contributed by atoms with Crippen molar-refractivity contribution in [3.8, 4) is 0 Å². The van der Waals surface area contributed by atoms with Crippen LogP contribution in [0.5, 0.6) is 0 Å². The maximum atomic E-state index is 12.0. The average molecular weight is 339 g/mol. The summed E-state index contributed by atoms with van der Waals surface area (Å²) in [5, 5.41) is 8.08. The molecule has 0 saturated carbocycles. The molecule has 1 atom stereocenters. The topological polar surface area (TPSA) is 88.2 Å². The molecule has 0 fully saturated rings. The summed E-state index contributed by atoms with van der Waals surface area (Å²) in [7, 11) is -3.32. The minimum Gasteiger partial charge on any atom is -0.329 e. The molecule has 0 aliphatic carbocycles. The van der Waals surface area contributed by atoms with Gasteiger partial charge in [0.15, 0.2) is 9.84 Å². The van der Waals surface area contributed by atoms with E-state index in [0.29, 0.717) is 5.69 Å². The first kappa shape index (κ1) is 16.4. The zero-order valence-corrected chi connectivity index (χ0v) is 14.1. The van der Waals surface area contributed by atoms with Crippen LogP contribution in [0.3, 0.4) is 0 Å². The zero-order chi connectivity index (χ0) is 16.3. The SMILES string of the molecule is Cc1ccc(S(C)(=O)=O)cc1NC(=O)N[C@@H](C)c1nccs1. The number of anilines is 1. The Kier molecular flexibility index (Phi) is 4.82. The van der Waals surface area contributed by atoms with E-state index in [2.05, 4.69) is 15.6 Å². The van der Waals surface area contributed by atoms with E-state index in [-0.39, 0.29) is 10.9 Å². The summed E-state index contributed by atoms with van der Waals surface area (Å²) in [6, 6.07) is 4.01. The number of rotatable bonds is 4. The number of urea groups is 1. The van der Waals surface area contributed by atoms with Crippen LogP contribution in [0.1, 0.15) is 23.5 Å². The number of sulfone groups is 1. The quantitative estimate of drug-likeness (QED) is 0.896. The van der Waals surface area contributed by atoms with Gasteiger partial charge in [-0.2, -0.15) is 0 Å².